The molecular weight excluding hydrogens is 274 g/mol. The summed E-state index contributed by atoms with van der Waals surface area (Å²) in [6.45, 7) is 0. The summed E-state index contributed by atoms with van der Waals surface area (Å²) in [6, 6.07) is 13.9. The maximum atomic E-state index is 11.4. The summed E-state index contributed by atoms with van der Waals surface area (Å²) in [6.07, 6.45) is 2.99. The monoisotopic (exact) mass is 287 g/mol. The predicted octanol–water partition coefficient (Wildman–Crippen LogP) is 2.74. The van der Waals surface area contributed by atoms with Gasteiger partial charge in [-0.3, -0.25) is 4.57 Å². The van der Waals surface area contributed by atoms with Crippen LogP contribution in [0.15, 0.2) is 59.6 Å². The maximum Gasteiger partial charge on any atom is 0.203 e. The Hall–Kier alpha value is -2.27. The minimum absolute atomic E-state index is 0.146. The zero-order chi connectivity index (χ0) is 14.3. The van der Waals surface area contributed by atoms with Crippen molar-refractivity contribution in [1.82, 2.24) is 4.57 Å². The molecule has 0 bridgehead atoms. The highest BCUT2D eigenvalue weighted by Gasteiger charge is 2.11. The number of nitrogens with zero attached hydrogens (tertiary/aromatic N) is 1. The van der Waals surface area contributed by atoms with E-state index >= 15 is 0 Å². The Balaban J connectivity index is 2.14. The Morgan fingerprint density at radius 1 is 1.00 bits per heavy atom. The fourth-order valence-electron chi connectivity index (χ4n) is 2.19. The molecule has 5 heteroatoms. The van der Waals surface area contributed by atoms with Crippen LogP contribution < -0.4 is 0 Å². The van der Waals surface area contributed by atoms with E-state index in [1.807, 2.05) is 30.5 Å². The lowest BCUT2D eigenvalue weighted by molar-refractivity contribution is 0.448. The van der Waals surface area contributed by atoms with Crippen molar-refractivity contribution < 1.29 is 13.5 Å². The lowest BCUT2D eigenvalue weighted by atomic mass is 10.2. The average molecular weight is 287 g/mol. The van der Waals surface area contributed by atoms with Gasteiger partial charge >= 0.3 is 0 Å². The molecule has 0 amide bonds. The van der Waals surface area contributed by atoms with Gasteiger partial charge in [-0.2, -0.15) is 0 Å². The molecule has 0 spiro atoms. The van der Waals surface area contributed by atoms with Crippen LogP contribution in [-0.4, -0.2) is 24.3 Å². The van der Waals surface area contributed by atoms with E-state index in [-0.39, 0.29) is 10.8 Å². The highest BCUT2D eigenvalue weighted by Crippen LogP contribution is 2.30. The topological polar surface area (TPSA) is 59.3 Å². The molecule has 3 aromatic rings. The molecule has 0 saturated heterocycles. The maximum absolute atomic E-state index is 11.4. The first-order valence-corrected chi connectivity index (χ1v) is 7.95. The largest absolute Gasteiger partial charge is 0.494 e. The summed E-state index contributed by atoms with van der Waals surface area (Å²) >= 11 is 0. The molecule has 0 aliphatic heterocycles. The number of aromatic nitrogens is 1. The molecule has 0 saturated carbocycles. The number of benzene rings is 2. The van der Waals surface area contributed by atoms with Gasteiger partial charge < -0.3 is 5.11 Å². The summed E-state index contributed by atoms with van der Waals surface area (Å²) in [7, 11) is -3.21. The standard InChI is InChI=1S/C15H13NO3S/c1-20(18,19)13-8-6-12(7-9-13)16-10-11-4-2-3-5-14(11)15(16)17/h2-10,17H,1H3. The highest BCUT2D eigenvalue weighted by molar-refractivity contribution is 7.90. The molecule has 0 aliphatic carbocycles. The summed E-state index contributed by atoms with van der Waals surface area (Å²) in [5.74, 6) is 0.146. The van der Waals surface area contributed by atoms with Crippen LogP contribution in [0.1, 0.15) is 0 Å². The smallest absolute Gasteiger partial charge is 0.203 e. The zero-order valence-corrected chi connectivity index (χ0v) is 11.6. The third kappa shape index (κ3) is 2.06. The van der Waals surface area contributed by atoms with Crippen LogP contribution in [0, 0.1) is 0 Å². The van der Waals surface area contributed by atoms with E-state index in [0.29, 0.717) is 5.69 Å². The quantitative estimate of drug-likeness (QED) is 0.788. The fraction of sp³-hybridized carbons (Fsp3) is 0.0667. The zero-order valence-electron chi connectivity index (χ0n) is 10.8. The van der Waals surface area contributed by atoms with Crippen molar-refractivity contribution in [3.8, 4) is 11.6 Å². The van der Waals surface area contributed by atoms with Crippen molar-refractivity contribution in [3.63, 3.8) is 0 Å². The molecule has 20 heavy (non-hydrogen) atoms. The predicted molar refractivity (Wildman–Crippen MR) is 78.0 cm³/mol. The van der Waals surface area contributed by atoms with E-state index in [1.165, 1.54) is 18.4 Å². The molecule has 0 aliphatic rings. The van der Waals surface area contributed by atoms with Crippen LogP contribution in [0.3, 0.4) is 0 Å². The van der Waals surface area contributed by atoms with Crippen LogP contribution >= 0.6 is 0 Å². The molecule has 1 aromatic heterocycles. The molecule has 0 atom stereocenters. The summed E-state index contributed by atoms with van der Waals surface area (Å²) in [5.41, 5.74) is 0.714. The first-order chi connectivity index (χ1) is 9.47. The Bertz CT molecular complexity index is 877. The van der Waals surface area contributed by atoms with Crippen molar-refractivity contribution in [3.05, 3.63) is 54.7 Å². The van der Waals surface area contributed by atoms with E-state index in [9.17, 15) is 13.5 Å². The lowest BCUT2D eigenvalue weighted by Crippen LogP contribution is -1.98. The number of rotatable bonds is 2. The van der Waals surface area contributed by atoms with Crippen molar-refractivity contribution in [2.45, 2.75) is 4.90 Å². The van der Waals surface area contributed by atoms with E-state index in [0.717, 1.165) is 10.8 Å². The van der Waals surface area contributed by atoms with E-state index in [2.05, 4.69) is 0 Å². The van der Waals surface area contributed by atoms with Gasteiger partial charge in [0.1, 0.15) is 0 Å². The molecule has 102 valence electrons. The number of aromatic hydroxyl groups is 1. The van der Waals surface area contributed by atoms with Crippen molar-refractivity contribution in [1.29, 1.82) is 0 Å². The van der Waals surface area contributed by atoms with Crippen LogP contribution in [0.4, 0.5) is 0 Å². The SMILES string of the molecule is CS(=O)(=O)c1ccc(-n2cc3ccccc3c2O)cc1. The van der Waals surface area contributed by atoms with Crippen LogP contribution in [0.5, 0.6) is 5.88 Å². The van der Waals surface area contributed by atoms with E-state index < -0.39 is 9.84 Å². The average Bonchev–Trinajstić information content (AvgIpc) is 2.76. The van der Waals surface area contributed by atoms with Gasteiger partial charge in [-0.1, -0.05) is 18.2 Å². The summed E-state index contributed by atoms with van der Waals surface area (Å²) in [4.78, 5) is 0.262. The second-order valence-corrected chi connectivity index (χ2v) is 6.69. The second kappa shape index (κ2) is 4.38. The van der Waals surface area contributed by atoms with Gasteiger partial charge in [0.15, 0.2) is 9.84 Å². The third-order valence-electron chi connectivity index (χ3n) is 3.24. The molecule has 1 N–H and O–H groups in total. The molecule has 4 nitrogen and oxygen atoms in total. The van der Waals surface area contributed by atoms with Gasteiger partial charge in [0.25, 0.3) is 0 Å². The number of fused-ring (bicyclic) bond motifs is 1. The molecular formula is C15H13NO3S. The molecule has 1 heterocycles. The fourth-order valence-corrected chi connectivity index (χ4v) is 2.82. The second-order valence-electron chi connectivity index (χ2n) is 4.68. The van der Waals surface area contributed by atoms with Crippen LogP contribution in [-0.2, 0) is 9.84 Å². The Kier molecular flexibility index (Phi) is 2.79. The van der Waals surface area contributed by atoms with Gasteiger partial charge in [-0.25, -0.2) is 8.42 Å². The normalized spacial score (nSPS) is 11.8. The summed E-state index contributed by atoms with van der Waals surface area (Å²) in [5, 5.41) is 11.9. The summed E-state index contributed by atoms with van der Waals surface area (Å²) < 4.78 is 24.5. The minimum Gasteiger partial charge on any atom is -0.494 e. The van der Waals surface area contributed by atoms with E-state index in [4.69, 9.17) is 0 Å². The number of sulfone groups is 1. The first kappa shape index (κ1) is 12.7. The van der Waals surface area contributed by atoms with Gasteiger partial charge in [-0.15, -0.1) is 0 Å². The highest BCUT2D eigenvalue weighted by atomic mass is 32.2. The lowest BCUT2D eigenvalue weighted by Gasteiger charge is -2.05. The number of hydrogen-bond acceptors (Lipinski definition) is 3. The van der Waals surface area contributed by atoms with Crippen molar-refractivity contribution >= 4 is 20.6 Å². The van der Waals surface area contributed by atoms with Crippen LogP contribution in [0.25, 0.3) is 16.5 Å². The van der Waals surface area contributed by atoms with Gasteiger partial charge in [-0.05, 0) is 30.3 Å². The Morgan fingerprint density at radius 2 is 1.65 bits per heavy atom. The third-order valence-corrected chi connectivity index (χ3v) is 4.37. The molecule has 0 radical (unpaired) electrons. The Labute approximate surface area is 116 Å². The minimum atomic E-state index is -3.21. The van der Waals surface area contributed by atoms with Crippen molar-refractivity contribution in [2.75, 3.05) is 6.26 Å². The van der Waals surface area contributed by atoms with Gasteiger partial charge in [0.05, 0.1) is 4.90 Å². The Morgan fingerprint density at radius 3 is 2.25 bits per heavy atom. The molecule has 3 rings (SSSR count). The van der Waals surface area contributed by atoms with Crippen LogP contribution in [0.2, 0.25) is 0 Å². The van der Waals surface area contributed by atoms with Gasteiger partial charge in [0.2, 0.25) is 5.88 Å². The molecule has 0 fully saturated rings. The van der Waals surface area contributed by atoms with Crippen molar-refractivity contribution in [2.24, 2.45) is 0 Å². The first-order valence-electron chi connectivity index (χ1n) is 6.06. The molecule has 2 aromatic carbocycles. The molecule has 0 unspecified atom stereocenters. The van der Waals surface area contributed by atoms with E-state index in [1.54, 1.807) is 16.7 Å². The van der Waals surface area contributed by atoms with Gasteiger partial charge in [0, 0.05) is 28.9 Å². The number of hydrogen-bond donors (Lipinski definition) is 1.